The molecule has 1 N–H and O–H groups in total. The molecule has 1 aliphatic heterocycles. The zero-order valence-corrected chi connectivity index (χ0v) is 10.1. The minimum absolute atomic E-state index is 0.584. The molecule has 0 fully saturated rings. The van der Waals surface area contributed by atoms with Gasteiger partial charge in [0.1, 0.15) is 5.15 Å². The van der Waals surface area contributed by atoms with Gasteiger partial charge in [-0.15, -0.1) is 11.3 Å². The smallest absolute Gasteiger partial charge is 0.171 e. The number of halogens is 1. The minimum atomic E-state index is 0.584. The van der Waals surface area contributed by atoms with Crippen molar-refractivity contribution in [3.8, 4) is 10.7 Å². The van der Waals surface area contributed by atoms with Crippen molar-refractivity contribution in [2.24, 2.45) is 0 Å². The highest BCUT2D eigenvalue weighted by atomic mass is 35.5. The monoisotopic (exact) mass is 251 g/mol. The van der Waals surface area contributed by atoms with Gasteiger partial charge in [0.05, 0.1) is 10.6 Å². The van der Waals surface area contributed by atoms with Crippen LogP contribution < -0.4 is 5.32 Å². The third kappa shape index (κ3) is 1.73. The summed E-state index contributed by atoms with van der Waals surface area (Å²) in [5.74, 6) is 0.751. The number of fused-ring (bicyclic) bond motifs is 1. The van der Waals surface area contributed by atoms with E-state index in [9.17, 15) is 0 Å². The third-order valence-electron chi connectivity index (χ3n) is 2.62. The number of thiophene rings is 1. The quantitative estimate of drug-likeness (QED) is 0.792. The van der Waals surface area contributed by atoms with Gasteiger partial charge in [0.25, 0.3) is 0 Å². The van der Waals surface area contributed by atoms with Crippen molar-refractivity contribution in [2.75, 3.05) is 6.54 Å². The Morgan fingerprint density at radius 2 is 2.31 bits per heavy atom. The Bertz CT molecular complexity index is 510. The molecule has 0 bridgehead atoms. The summed E-state index contributed by atoms with van der Waals surface area (Å²) in [6.45, 7) is 1.74. The minimum Gasteiger partial charge on any atom is -0.312 e. The summed E-state index contributed by atoms with van der Waals surface area (Å²) in [5, 5.41) is 5.88. The Morgan fingerprint density at radius 1 is 1.38 bits per heavy atom. The Balaban J connectivity index is 2.12. The largest absolute Gasteiger partial charge is 0.312 e. The molecule has 0 saturated heterocycles. The second-order valence-corrected chi connectivity index (χ2v) is 4.97. The number of rotatable bonds is 1. The third-order valence-corrected chi connectivity index (χ3v) is 3.80. The first-order chi connectivity index (χ1) is 7.84. The van der Waals surface area contributed by atoms with Crippen molar-refractivity contribution in [3.05, 3.63) is 33.9 Å². The van der Waals surface area contributed by atoms with Crippen LogP contribution in [0, 0.1) is 0 Å². The highest BCUT2D eigenvalue weighted by Crippen LogP contribution is 2.26. The van der Waals surface area contributed by atoms with Crippen LogP contribution in [-0.2, 0) is 13.0 Å². The Kier molecular flexibility index (Phi) is 2.63. The zero-order valence-electron chi connectivity index (χ0n) is 8.53. The predicted molar refractivity (Wildman–Crippen MR) is 65.8 cm³/mol. The summed E-state index contributed by atoms with van der Waals surface area (Å²) >= 11 is 7.81. The lowest BCUT2D eigenvalue weighted by molar-refractivity contribution is 0.627. The molecule has 2 aromatic rings. The van der Waals surface area contributed by atoms with Gasteiger partial charge in [-0.2, -0.15) is 0 Å². The van der Waals surface area contributed by atoms with Crippen molar-refractivity contribution < 1.29 is 0 Å². The molecule has 5 heteroatoms. The van der Waals surface area contributed by atoms with Crippen LogP contribution in [0.3, 0.4) is 0 Å². The molecule has 0 saturated carbocycles. The maximum Gasteiger partial charge on any atom is 0.171 e. The summed E-state index contributed by atoms with van der Waals surface area (Å²) in [4.78, 5) is 10.0. The van der Waals surface area contributed by atoms with Gasteiger partial charge >= 0.3 is 0 Å². The van der Waals surface area contributed by atoms with Crippen LogP contribution in [0.1, 0.15) is 11.3 Å². The lowest BCUT2D eigenvalue weighted by atomic mass is 10.1. The van der Waals surface area contributed by atoms with Crippen LogP contribution in [0.15, 0.2) is 17.5 Å². The van der Waals surface area contributed by atoms with Gasteiger partial charge in [-0.1, -0.05) is 17.7 Å². The molecule has 0 atom stereocenters. The lowest BCUT2D eigenvalue weighted by Gasteiger charge is -2.17. The standard InChI is InChI=1S/C11H10ClN3S/c12-10-7-6-13-4-3-8(7)14-11(15-10)9-2-1-5-16-9/h1-2,5,13H,3-4,6H2. The van der Waals surface area contributed by atoms with Gasteiger partial charge in [-0.3, -0.25) is 0 Å². The average Bonchev–Trinajstić information content (AvgIpc) is 2.82. The van der Waals surface area contributed by atoms with Crippen molar-refractivity contribution in [1.82, 2.24) is 15.3 Å². The lowest BCUT2D eigenvalue weighted by Crippen LogP contribution is -2.25. The second-order valence-electron chi connectivity index (χ2n) is 3.67. The summed E-state index contributed by atoms with van der Waals surface area (Å²) in [5.41, 5.74) is 2.13. The van der Waals surface area contributed by atoms with Crippen LogP contribution >= 0.6 is 22.9 Å². The van der Waals surface area contributed by atoms with Crippen LogP contribution in [0.4, 0.5) is 0 Å². The maximum atomic E-state index is 6.18. The van der Waals surface area contributed by atoms with Crippen LogP contribution in [0.25, 0.3) is 10.7 Å². The van der Waals surface area contributed by atoms with E-state index in [0.717, 1.165) is 41.5 Å². The SMILES string of the molecule is Clc1nc(-c2cccs2)nc2c1CNCC2. The fourth-order valence-corrected chi connectivity index (χ4v) is 2.73. The van der Waals surface area contributed by atoms with E-state index in [0.29, 0.717) is 5.15 Å². The van der Waals surface area contributed by atoms with Gasteiger partial charge in [0.2, 0.25) is 0 Å². The number of nitrogens with one attached hydrogen (secondary N) is 1. The first-order valence-corrected chi connectivity index (χ1v) is 6.40. The number of nitrogens with zero attached hydrogens (tertiary/aromatic N) is 2. The number of hydrogen-bond donors (Lipinski definition) is 1. The molecule has 3 rings (SSSR count). The molecular weight excluding hydrogens is 242 g/mol. The molecule has 16 heavy (non-hydrogen) atoms. The van der Waals surface area contributed by atoms with E-state index >= 15 is 0 Å². The molecule has 0 aliphatic carbocycles. The predicted octanol–water partition coefficient (Wildman–Crippen LogP) is 2.50. The molecular formula is C11H10ClN3S. The van der Waals surface area contributed by atoms with E-state index in [2.05, 4.69) is 15.3 Å². The molecule has 0 radical (unpaired) electrons. The first-order valence-electron chi connectivity index (χ1n) is 5.14. The first kappa shape index (κ1) is 10.2. The van der Waals surface area contributed by atoms with E-state index in [1.165, 1.54) is 0 Å². The summed E-state index contributed by atoms with van der Waals surface area (Å²) in [6.07, 6.45) is 0.927. The van der Waals surface area contributed by atoms with E-state index in [1.54, 1.807) is 11.3 Å². The molecule has 3 nitrogen and oxygen atoms in total. The molecule has 0 unspecified atom stereocenters. The average molecular weight is 252 g/mol. The molecule has 0 spiro atoms. The van der Waals surface area contributed by atoms with Crippen LogP contribution in [-0.4, -0.2) is 16.5 Å². The Labute approximate surface area is 103 Å². The molecule has 82 valence electrons. The second kappa shape index (κ2) is 4.13. The molecule has 2 aromatic heterocycles. The van der Waals surface area contributed by atoms with Gasteiger partial charge < -0.3 is 5.32 Å². The summed E-state index contributed by atoms with van der Waals surface area (Å²) in [6, 6.07) is 4.02. The number of aromatic nitrogens is 2. The summed E-state index contributed by atoms with van der Waals surface area (Å²) in [7, 11) is 0. The van der Waals surface area contributed by atoms with Crippen molar-refractivity contribution in [2.45, 2.75) is 13.0 Å². The van der Waals surface area contributed by atoms with Crippen molar-refractivity contribution >= 4 is 22.9 Å². The fourth-order valence-electron chi connectivity index (χ4n) is 1.82. The molecule has 3 heterocycles. The van der Waals surface area contributed by atoms with E-state index in [-0.39, 0.29) is 0 Å². The van der Waals surface area contributed by atoms with Gasteiger partial charge in [-0.25, -0.2) is 9.97 Å². The highest BCUT2D eigenvalue weighted by Gasteiger charge is 2.17. The number of hydrogen-bond acceptors (Lipinski definition) is 4. The Hall–Kier alpha value is -0.970. The van der Waals surface area contributed by atoms with Gasteiger partial charge in [-0.05, 0) is 11.4 Å². The van der Waals surface area contributed by atoms with Gasteiger partial charge in [0.15, 0.2) is 5.82 Å². The van der Waals surface area contributed by atoms with Gasteiger partial charge in [0, 0.05) is 25.1 Å². The van der Waals surface area contributed by atoms with E-state index < -0.39 is 0 Å². The molecule has 1 aliphatic rings. The van der Waals surface area contributed by atoms with E-state index in [1.807, 2.05) is 17.5 Å². The normalized spacial score (nSPS) is 14.8. The Morgan fingerprint density at radius 3 is 3.12 bits per heavy atom. The van der Waals surface area contributed by atoms with Crippen LogP contribution in [0.5, 0.6) is 0 Å². The van der Waals surface area contributed by atoms with Crippen LogP contribution in [0.2, 0.25) is 5.15 Å². The van der Waals surface area contributed by atoms with Crippen molar-refractivity contribution in [1.29, 1.82) is 0 Å². The molecule has 0 aromatic carbocycles. The maximum absolute atomic E-state index is 6.18. The topological polar surface area (TPSA) is 37.8 Å². The molecule has 0 amide bonds. The summed E-state index contributed by atoms with van der Waals surface area (Å²) < 4.78 is 0. The highest BCUT2D eigenvalue weighted by molar-refractivity contribution is 7.13. The van der Waals surface area contributed by atoms with Crippen molar-refractivity contribution in [3.63, 3.8) is 0 Å². The van der Waals surface area contributed by atoms with E-state index in [4.69, 9.17) is 11.6 Å². The fraction of sp³-hybridized carbons (Fsp3) is 0.273. The zero-order chi connectivity index (χ0) is 11.0.